The zero-order valence-corrected chi connectivity index (χ0v) is 12.8. The third-order valence-electron chi connectivity index (χ3n) is 2.75. The first-order valence-corrected chi connectivity index (χ1v) is 6.36. The van der Waals surface area contributed by atoms with E-state index in [1.807, 2.05) is 19.0 Å². The lowest BCUT2D eigenvalue weighted by Gasteiger charge is -2.34. The first-order valence-electron chi connectivity index (χ1n) is 6.36. The molecule has 0 aliphatic heterocycles. The Morgan fingerprint density at radius 3 is 1.88 bits per heavy atom. The molecule has 0 radical (unpaired) electrons. The second-order valence-electron chi connectivity index (χ2n) is 7.46. The molecule has 0 aromatic rings. The molecule has 17 heavy (non-hydrogen) atoms. The van der Waals surface area contributed by atoms with Gasteiger partial charge in [-0.1, -0.05) is 41.5 Å². The molecule has 102 valence electrons. The highest BCUT2D eigenvalue weighted by molar-refractivity contribution is 5.79. The first-order chi connectivity index (χ1) is 7.43. The van der Waals surface area contributed by atoms with E-state index < -0.39 is 0 Å². The molecule has 1 amide bonds. The lowest BCUT2D eigenvalue weighted by molar-refractivity contribution is -0.130. The number of hydrogen-bond acceptors (Lipinski definition) is 2. The fraction of sp³-hybridized carbons (Fsp3) is 0.929. The number of amides is 1. The van der Waals surface area contributed by atoms with Crippen molar-refractivity contribution in [3.05, 3.63) is 0 Å². The van der Waals surface area contributed by atoms with Crippen LogP contribution in [0.3, 0.4) is 0 Å². The average molecular weight is 242 g/mol. The van der Waals surface area contributed by atoms with Gasteiger partial charge in [0.2, 0.25) is 5.91 Å². The molecule has 0 aromatic carbocycles. The highest BCUT2D eigenvalue weighted by Gasteiger charge is 2.34. The lowest BCUT2D eigenvalue weighted by Crippen LogP contribution is -2.43. The van der Waals surface area contributed by atoms with E-state index in [0.717, 1.165) is 6.42 Å². The van der Waals surface area contributed by atoms with Gasteiger partial charge in [0.1, 0.15) is 0 Å². The molecule has 0 rings (SSSR count). The minimum absolute atomic E-state index is 0.00365. The molecule has 0 heterocycles. The SMILES string of the molecule is CN(C)CNC(=O)C(CC(C)(C)C)C(C)(C)C. The molecule has 1 unspecified atom stereocenters. The summed E-state index contributed by atoms with van der Waals surface area (Å²) in [5.41, 5.74) is 0.178. The summed E-state index contributed by atoms with van der Waals surface area (Å²) in [6.07, 6.45) is 0.912. The quantitative estimate of drug-likeness (QED) is 0.769. The van der Waals surface area contributed by atoms with Gasteiger partial charge in [-0.15, -0.1) is 0 Å². The lowest BCUT2D eigenvalue weighted by atomic mass is 9.72. The molecule has 3 nitrogen and oxygen atoms in total. The number of carbonyl (C=O) groups excluding carboxylic acids is 1. The van der Waals surface area contributed by atoms with Gasteiger partial charge in [0.25, 0.3) is 0 Å². The maximum Gasteiger partial charge on any atom is 0.224 e. The molecule has 0 fully saturated rings. The smallest absolute Gasteiger partial charge is 0.224 e. The van der Waals surface area contributed by atoms with Crippen molar-refractivity contribution < 1.29 is 4.79 Å². The van der Waals surface area contributed by atoms with Crippen molar-refractivity contribution in [3.8, 4) is 0 Å². The van der Waals surface area contributed by atoms with Gasteiger partial charge in [0.15, 0.2) is 0 Å². The summed E-state index contributed by atoms with van der Waals surface area (Å²) in [6, 6.07) is 0. The molecule has 0 aromatic heterocycles. The molecule has 3 heteroatoms. The Bertz CT molecular complexity index is 246. The second kappa shape index (κ2) is 5.85. The Kier molecular flexibility index (Phi) is 5.66. The van der Waals surface area contributed by atoms with Crippen LogP contribution in [-0.2, 0) is 4.79 Å². The molecule has 0 bridgehead atoms. The monoisotopic (exact) mass is 242 g/mol. The number of nitrogens with zero attached hydrogens (tertiary/aromatic N) is 1. The standard InChI is InChI=1S/C14H30N2O/c1-13(2,3)9-11(14(4,5)6)12(17)15-10-16(7)8/h11H,9-10H2,1-8H3,(H,15,17). The van der Waals surface area contributed by atoms with Crippen LogP contribution in [0.1, 0.15) is 48.0 Å². The predicted molar refractivity (Wildman–Crippen MR) is 73.7 cm³/mol. The summed E-state index contributed by atoms with van der Waals surface area (Å²) >= 11 is 0. The van der Waals surface area contributed by atoms with Crippen molar-refractivity contribution in [2.45, 2.75) is 48.0 Å². The van der Waals surface area contributed by atoms with Gasteiger partial charge >= 0.3 is 0 Å². The van der Waals surface area contributed by atoms with Gasteiger partial charge in [-0.05, 0) is 31.3 Å². The topological polar surface area (TPSA) is 32.3 Å². The maximum atomic E-state index is 12.2. The second-order valence-corrected chi connectivity index (χ2v) is 7.46. The van der Waals surface area contributed by atoms with E-state index >= 15 is 0 Å². The number of nitrogens with one attached hydrogen (secondary N) is 1. The molecular formula is C14H30N2O. The van der Waals surface area contributed by atoms with Crippen LogP contribution in [-0.4, -0.2) is 31.6 Å². The first kappa shape index (κ1) is 16.4. The molecule has 1 atom stereocenters. The van der Waals surface area contributed by atoms with Gasteiger partial charge < -0.3 is 5.32 Å². The van der Waals surface area contributed by atoms with E-state index in [2.05, 4.69) is 46.9 Å². The Hall–Kier alpha value is -0.570. The van der Waals surface area contributed by atoms with E-state index in [1.165, 1.54) is 0 Å². The van der Waals surface area contributed by atoms with E-state index in [-0.39, 0.29) is 22.7 Å². The predicted octanol–water partition coefficient (Wildman–Crippen LogP) is 2.72. The molecule has 1 N–H and O–H groups in total. The van der Waals surface area contributed by atoms with Crippen molar-refractivity contribution in [2.75, 3.05) is 20.8 Å². The third-order valence-corrected chi connectivity index (χ3v) is 2.75. The van der Waals surface area contributed by atoms with Crippen LogP contribution in [0.25, 0.3) is 0 Å². The van der Waals surface area contributed by atoms with Crippen LogP contribution < -0.4 is 5.32 Å². The van der Waals surface area contributed by atoms with Crippen LogP contribution in [0.4, 0.5) is 0 Å². The van der Waals surface area contributed by atoms with E-state index in [0.29, 0.717) is 6.67 Å². The summed E-state index contributed by atoms with van der Waals surface area (Å²) in [4.78, 5) is 14.2. The Balaban J connectivity index is 4.65. The van der Waals surface area contributed by atoms with Crippen molar-refractivity contribution >= 4 is 5.91 Å². The van der Waals surface area contributed by atoms with Crippen LogP contribution in [0, 0.1) is 16.7 Å². The van der Waals surface area contributed by atoms with Gasteiger partial charge in [0.05, 0.1) is 6.67 Å². The third kappa shape index (κ3) is 7.37. The number of rotatable bonds is 4. The fourth-order valence-electron chi connectivity index (χ4n) is 1.76. The summed E-state index contributed by atoms with van der Waals surface area (Å²) in [7, 11) is 3.91. The molecule has 0 spiro atoms. The van der Waals surface area contributed by atoms with E-state index in [9.17, 15) is 4.79 Å². The van der Waals surface area contributed by atoms with Crippen LogP contribution in [0.15, 0.2) is 0 Å². The molecule has 0 aliphatic rings. The van der Waals surface area contributed by atoms with Gasteiger partial charge in [0, 0.05) is 5.92 Å². The number of carbonyl (C=O) groups is 1. The Morgan fingerprint density at radius 2 is 1.59 bits per heavy atom. The summed E-state index contributed by atoms with van der Waals surface area (Å²) in [6.45, 7) is 13.6. The highest BCUT2D eigenvalue weighted by atomic mass is 16.2. The molecule has 0 aliphatic carbocycles. The highest BCUT2D eigenvalue weighted by Crippen LogP contribution is 2.35. The van der Waals surface area contributed by atoms with Crippen LogP contribution in [0.2, 0.25) is 0 Å². The van der Waals surface area contributed by atoms with Gasteiger partial charge in [-0.25, -0.2) is 0 Å². The largest absolute Gasteiger partial charge is 0.343 e. The van der Waals surface area contributed by atoms with E-state index in [1.54, 1.807) is 0 Å². The van der Waals surface area contributed by atoms with Crippen LogP contribution >= 0.6 is 0 Å². The van der Waals surface area contributed by atoms with Gasteiger partial charge in [-0.3, -0.25) is 9.69 Å². The maximum absolute atomic E-state index is 12.2. The Labute approximate surface area is 107 Å². The molecule has 0 saturated carbocycles. The summed E-state index contributed by atoms with van der Waals surface area (Å²) in [5.74, 6) is 0.226. The zero-order valence-electron chi connectivity index (χ0n) is 12.8. The fourth-order valence-corrected chi connectivity index (χ4v) is 1.76. The summed E-state index contributed by atoms with van der Waals surface area (Å²) in [5, 5.41) is 3.00. The minimum Gasteiger partial charge on any atom is -0.343 e. The number of hydrogen-bond donors (Lipinski definition) is 1. The van der Waals surface area contributed by atoms with Crippen molar-refractivity contribution in [1.82, 2.24) is 10.2 Å². The van der Waals surface area contributed by atoms with E-state index in [4.69, 9.17) is 0 Å². The normalized spacial score (nSPS) is 14.9. The zero-order chi connectivity index (χ0) is 13.9. The van der Waals surface area contributed by atoms with Gasteiger partial charge in [-0.2, -0.15) is 0 Å². The Morgan fingerprint density at radius 1 is 1.12 bits per heavy atom. The molecular weight excluding hydrogens is 212 g/mol. The molecule has 0 saturated heterocycles. The minimum atomic E-state index is 0.00365. The summed E-state index contributed by atoms with van der Waals surface area (Å²) < 4.78 is 0. The van der Waals surface area contributed by atoms with Crippen molar-refractivity contribution in [2.24, 2.45) is 16.7 Å². The van der Waals surface area contributed by atoms with Crippen LogP contribution in [0.5, 0.6) is 0 Å². The van der Waals surface area contributed by atoms with Crippen molar-refractivity contribution in [3.63, 3.8) is 0 Å². The average Bonchev–Trinajstić information content (AvgIpc) is 2.07. The van der Waals surface area contributed by atoms with Crippen molar-refractivity contribution in [1.29, 1.82) is 0 Å².